The first kappa shape index (κ1) is 25.8. The summed E-state index contributed by atoms with van der Waals surface area (Å²) in [7, 11) is -4.00. The number of benzene rings is 2. The van der Waals surface area contributed by atoms with E-state index in [-0.39, 0.29) is 37.5 Å². The number of anilines is 1. The van der Waals surface area contributed by atoms with Crippen LogP contribution in [0.25, 0.3) is 0 Å². The molecular formula is C23H29Cl2N3O4S. The molecule has 33 heavy (non-hydrogen) atoms. The highest BCUT2D eigenvalue weighted by Crippen LogP contribution is 2.58. The van der Waals surface area contributed by atoms with E-state index in [4.69, 9.17) is 11.6 Å². The molecular weight excluding hydrogens is 485 g/mol. The second kappa shape index (κ2) is 9.80. The summed E-state index contributed by atoms with van der Waals surface area (Å²) in [5.74, 6) is -1.91. The number of halogens is 2. The second-order valence-corrected chi connectivity index (χ2v) is 10.7. The Morgan fingerprint density at radius 2 is 1.79 bits per heavy atom. The second-order valence-electron chi connectivity index (χ2n) is 8.55. The van der Waals surface area contributed by atoms with Gasteiger partial charge in [-0.2, -0.15) is 17.4 Å². The molecule has 0 amide bonds. The fourth-order valence-electron chi connectivity index (χ4n) is 4.95. The Morgan fingerprint density at radius 3 is 2.36 bits per heavy atom. The number of hydrogen-bond acceptors (Lipinski definition) is 4. The number of nitrogens with zero attached hydrogens (tertiary/aromatic N) is 2. The van der Waals surface area contributed by atoms with Crippen LogP contribution in [0.4, 0.5) is 5.69 Å². The summed E-state index contributed by atoms with van der Waals surface area (Å²) in [6.07, 6.45) is 0.752. The van der Waals surface area contributed by atoms with Crippen molar-refractivity contribution in [1.82, 2.24) is 9.03 Å². The summed E-state index contributed by atoms with van der Waals surface area (Å²) < 4.78 is 30.6. The standard InChI is InChI=1S/C23H28ClN3O4S.ClH/c1-3-19-15-26(13-14-27(19)20-11-9-18(24)10-12-20)32(30,31)25-23(22(28)29)16(2)21(23)17-7-5-4-6-8-17;/h4-12,16,19,21,25H,3,13-15H2,1-2H3,(H,28,29);1H/t16-,19?,21-,23+;/m1./s1. The number of aliphatic carboxylic acids is 1. The molecule has 180 valence electrons. The van der Waals surface area contributed by atoms with E-state index >= 15 is 0 Å². The Bertz CT molecular complexity index is 1080. The van der Waals surface area contributed by atoms with Gasteiger partial charge in [0.2, 0.25) is 0 Å². The van der Waals surface area contributed by atoms with E-state index in [2.05, 4.69) is 9.62 Å². The highest BCUT2D eigenvalue weighted by Gasteiger charge is 2.70. The molecule has 0 aromatic heterocycles. The minimum atomic E-state index is -4.00. The smallest absolute Gasteiger partial charge is 0.325 e. The minimum absolute atomic E-state index is 0. The van der Waals surface area contributed by atoms with Crippen molar-refractivity contribution in [2.45, 2.75) is 37.8 Å². The largest absolute Gasteiger partial charge is 0.480 e. The van der Waals surface area contributed by atoms with E-state index in [9.17, 15) is 18.3 Å². The van der Waals surface area contributed by atoms with Gasteiger partial charge in [0.05, 0.1) is 0 Å². The van der Waals surface area contributed by atoms with Gasteiger partial charge in [-0.3, -0.25) is 4.79 Å². The third-order valence-electron chi connectivity index (χ3n) is 6.83. The van der Waals surface area contributed by atoms with Crippen molar-refractivity contribution < 1.29 is 18.3 Å². The SMILES string of the molecule is CCC1CN(S(=O)(=O)N[C@@]2(C(=O)O)[C@H](C)[C@@H]2c2ccccc2)CCN1c1ccc(Cl)cc1.Cl. The van der Waals surface area contributed by atoms with Gasteiger partial charge in [0.1, 0.15) is 5.54 Å². The molecule has 4 atom stereocenters. The van der Waals surface area contributed by atoms with E-state index in [0.717, 1.165) is 17.7 Å². The average molecular weight is 514 g/mol. The number of carboxylic acid groups (broad SMARTS) is 1. The third kappa shape index (κ3) is 4.72. The Morgan fingerprint density at radius 1 is 1.15 bits per heavy atom. The monoisotopic (exact) mass is 513 g/mol. The zero-order valence-corrected chi connectivity index (χ0v) is 20.9. The fraction of sp³-hybridized carbons (Fsp3) is 0.435. The van der Waals surface area contributed by atoms with Crippen molar-refractivity contribution in [3.63, 3.8) is 0 Å². The summed E-state index contributed by atoms with van der Waals surface area (Å²) >= 11 is 6.00. The molecule has 2 aliphatic rings. The predicted octanol–water partition coefficient (Wildman–Crippen LogP) is 3.75. The molecule has 1 saturated carbocycles. The third-order valence-corrected chi connectivity index (χ3v) is 8.68. The van der Waals surface area contributed by atoms with Crippen LogP contribution in [0.15, 0.2) is 54.6 Å². The van der Waals surface area contributed by atoms with Crippen LogP contribution >= 0.6 is 24.0 Å². The van der Waals surface area contributed by atoms with Gasteiger partial charge < -0.3 is 10.0 Å². The van der Waals surface area contributed by atoms with Crippen LogP contribution in [0, 0.1) is 5.92 Å². The summed E-state index contributed by atoms with van der Waals surface area (Å²) in [4.78, 5) is 14.4. The lowest BCUT2D eigenvalue weighted by Crippen LogP contribution is -2.59. The van der Waals surface area contributed by atoms with Crippen LogP contribution in [-0.4, -0.2) is 55.0 Å². The Labute approximate surface area is 206 Å². The zero-order valence-electron chi connectivity index (χ0n) is 18.5. The van der Waals surface area contributed by atoms with Crippen LogP contribution in [0.5, 0.6) is 0 Å². The van der Waals surface area contributed by atoms with E-state index in [1.807, 2.05) is 61.5 Å². The molecule has 1 unspecified atom stereocenters. The molecule has 10 heteroatoms. The van der Waals surface area contributed by atoms with Gasteiger partial charge >= 0.3 is 5.97 Å². The van der Waals surface area contributed by atoms with Crippen molar-refractivity contribution >= 4 is 45.9 Å². The minimum Gasteiger partial charge on any atom is -0.480 e. The first-order valence-electron chi connectivity index (χ1n) is 10.8. The first-order chi connectivity index (χ1) is 15.2. The Kier molecular flexibility index (Phi) is 7.65. The summed E-state index contributed by atoms with van der Waals surface area (Å²) in [5, 5.41) is 10.7. The lowest BCUT2D eigenvalue weighted by molar-refractivity contribution is -0.140. The van der Waals surface area contributed by atoms with Gasteiger partial charge in [0, 0.05) is 42.3 Å². The average Bonchev–Trinajstić information content (AvgIpc) is 3.38. The summed E-state index contributed by atoms with van der Waals surface area (Å²) in [5.41, 5.74) is 0.284. The van der Waals surface area contributed by atoms with Gasteiger partial charge in [0.15, 0.2) is 0 Å². The molecule has 1 heterocycles. The van der Waals surface area contributed by atoms with E-state index < -0.39 is 27.6 Å². The molecule has 2 aromatic carbocycles. The normalized spacial score (nSPS) is 27.6. The van der Waals surface area contributed by atoms with Crippen molar-refractivity contribution in [1.29, 1.82) is 0 Å². The van der Waals surface area contributed by atoms with Gasteiger partial charge in [0.25, 0.3) is 10.2 Å². The number of nitrogens with one attached hydrogen (secondary N) is 1. The summed E-state index contributed by atoms with van der Waals surface area (Å²) in [6, 6.07) is 16.7. The van der Waals surface area contributed by atoms with Gasteiger partial charge in [-0.05, 0) is 42.2 Å². The van der Waals surface area contributed by atoms with Gasteiger partial charge in [-0.25, -0.2) is 0 Å². The molecule has 7 nitrogen and oxygen atoms in total. The summed E-state index contributed by atoms with van der Waals surface area (Å²) in [6.45, 7) is 4.87. The van der Waals surface area contributed by atoms with E-state index in [1.165, 1.54) is 4.31 Å². The molecule has 1 aliphatic heterocycles. The molecule has 2 fully saturated rings. The van der Waals surface area contributed by atoms with Gasteiger partial charge in [-0.15, -0.1) is 12.4 Å². The lowest BCUT2D eigenvalue weighted by Gasteiger charge is -2.42. The lowest BCUT2D eigenvalue weighted by atomic mass is 10.1. The topological polar surface area (TPSA) is 90.0 Å². The highest BCUT2D eigenvalue weighted by molar-refractivity contribution is 7.87. The van der Waals surface area contributed by atoms with Gasteiger partial charge in [-0.1, -0.05) is 55.8 Å². The highest BCUT2D eigenvalue weighted by atomic mass is 35.5. The van der Waals surface area contributed by atoms with Crippen LogP contribution in [0.3, 0.4) is 0 Å². The van der Waals surface area contributed by atoms with E-state index in [0.29, 0.717) is 11.6 Å². The molecule has 0 radical (unpaired) electrons. The van der Waals surface area contributed by atoms with Crippen LogP contribution in [0.2, 0.25) is 5.02 Å². The van der Waals surface area contributed by atoms with Crippen molar-refractivity contribution in [2.24, 2.45) is 5.92 Å². The van der Waals surface area contributed by atoms with Crippen molar-refractivity contribution in [3.05, 3.63) is 65.2 Å². The number of hydrogen-bond donors (Lipinski definition) is 2. The number of carboxylic acids is 1. The number of piperazine rings is 1. The van der Waals surface area contributed by atoms with Crippen molar-refractivity contribution in [3.8, 4) is 0 Å². The predicted molar refractivity (Wildman–Crippen MR) is 132 cm³/mol. The molecule has 4 rings (SSSR count). The van der Waals surface area contributed by atoms with Crippen LogP contribution in [-0.2, 0) is 15.0 Å². The molecule has 2 aromatic rings. The molecule has 1 aliphatic carbocycles. The number of rotatable bonds is 7. The maximum absolute atomic E-state index is 13.3. The van der Waals surface area contributed by atoms with E-state index in [1.54, 1.807) is 6.92 Å². The zero-order chi connectivity index (χ0) is 23.1. The maximum Gasteiger partial charge on any atom is 0.325 e. The molecule has 1 saturated heterocycles. The molecule has 0 spiro atoms. The van der Waals surface area contributed by atoms with Crippen LogP contribution < -0.4 is 9.62 Å². The molecule has 0 bridgehead atoms. The maximum atomic E-state index is 13.3. The first-order valence-corrected chi connectivity index (χ1v) is 12.6. The quantitative estimate of drug-likeness (QED) is 0.588. The Balaban J connectivity index is 0.00000306. The van der Waals surface area contributed by atoms with Crippen LogP contribution in [0.1, 0.15) is 31.7 Å². The molecule has 2 N–H and O–H groups in total. The Hall–Kier alpha value is -1.84. The fourth-order valence-corrected chi connectivity index (χ4v) is 6.72. The van der Waals surface area contributed by atoms with Crippen molar-refractivity contribution in [2.75, 3.05) is 24.5 Å². The number of carbonyl (C=O) groups is 1.